The highest BCUT2D eigenvalue weighted by atomic mass is 32.2. The molecule has 1 heterocycles. The Hall–Kier alpha value is -1.61. The molecule has 0 fully saturated rings. The number of anilines is 1. The number of fused-ring (bicyclic) bond motifs is 1. The molecule has 0 saturated heterocycles. The van der Waals surface area contributed by atoms with E-state index in [1.54, 1.807) is 0 Å². The summed E-state index contributed by atoms with van der Waals surface area (Å²) in [6, 6.07) is 17.8. The van der Waals surface area contributed by atoms with Gasteiger partial charge in [-0.15, -0.1) is 0 Å². The van der Waals surface area contributed by atoms with E-state index >= 15 is 0 Å². The quantitative estimate of drug-likeness (QED) is 0.794. The first-order chi connectivity index (χ1) is 8.36. The van der Waals surface area contributed by atoms with Gasteiger partial charge in [-0.2, -0.15) is 0 Å². The molecule has 0 amide bonds. The van der Waals surface area contributed by atoms with Crippen LogP contribution in [0.5, 0.6) is 0 Å². The van der Waals surface area contributed by atoms with Crippen LogP contribution < -0.4 is 4.31 Å². The van der Waals surface area contributed by atoms with Gasteiger partial charge >= 0.3 is 0 Å². The Labute approximate surface area is 103 Å². The molecule has 1 aliphatic rings. The Morgan fingerprint density at radius 2 is 1.65 bits per heavy atom. The average Bonchev–Trinajstić information content (AvgIpc) is 2.83. The molecule has 0 saturated carbocycles. The van der Waals surface area contributed by atoms with Gasteiger partial charge in [-0.05, 0) is 30.2 Å². The van der Waals surface area contributed by atoms with Gasteiger partial charge in [0.05, 0.1) is 10.6 Å². The van der Waals surface area contributed by atoms with Crippen LogP contribution in [-0.4, -0.2) is 10.8 Å². The molecular weight excluding hydrogens is 230 g/mol. The Bertz CT molecular complexity index is 553. The molecule has 0 spiro atoms. The van der Waals surface area contributed by atoms with Crippen LogP contribution in [0.3, 0.4) is 0 Å². The van der Waals surface area contributed by atoms with Gasteiger partial charge in [0.1, 0.15) is 0 Å². The third-order valence-corrected chi connectivity index (χ3v) is 4.44. The number of nitrogens with zero attached hydrogens (tertiary/aromatic N) is 1. The minimum atomic E-state index is -1.09. The van der Waals surface area contributed by atoms with E-state index in [4.69, 9.17) is 0 Å². The highest BCUT2D eigenvalue weighted by Gasteiger charge is 2.23. The summed E-state index contributed by atoms with van der Waals surface area (Å²) < 4.78 is 14.4. The molecule has 1 aliphatic heterocycles. The van der Waals surface area contributed by atoms with Crippen molar-refractivity contribution in [1.82, 2.24) is 0 Å². The monoisotopic (exact) mass is 243 g/mol. The van der Waals surface area contributed by atoms with E-state index in [-0.39, 0.29) is 0 Å². The second-order valence-electron chi connectivity index (χ2n) is 4.04. The summed E-state index contributed by atoms with van der Waals surface area (Å²) in [5.41, 5.74) is 2.39. The van der Waals surface area contributed by atoms with Crippen LogP contribution in [0.25, 0.3) is 0 Å². The zero-order chi connectivity index (χ0) is 11.7. The number of hydrogen-bond donors (Lipinski definition) is 0. The van der Waals surface area contributed by atoms with Gasteiger partial charge in [0.2, 0.25) is 0 Å². The summed E-state index contributed by atoms with van der Waals surface area (Å²) in [6.45, 7) is 0.834. The minimum absolute atomic E-state index is 0.834. The lowest BCUT2D eigenvalue weighted by molar-refractivity contribution is 0.680. The van der Waals surface area contributed by atoms with E-state index in [0.717, 1.165) is 23.5 Å². The van der Waals surface area contributed by atoms with Crippen LogP contribution in [-0.2, 0) is 17.4 Å². The van der Waals surface area contributed by atoms with Gasteiger partial charge in [0.15, 0.2) is 11.0 Å². The summed E-state index contributed by atoms with van der Waals surface area (Å²) in [6.07, 6.45) is 0.981. The van der Waals surface area contributed by atoms with Crippen molar-refractivity contribution in [3.8, 4) is 0 Å². The molecule has 0 aromatic heterocycles. The highest BCUT2D eigenvalue weighted by Crippen LogP contribution is 2.30. The van der Waals surface area contributed by atoms with Crippen LogP contribution in [0.15, 0.2) is 59.5 Å². The fraction of sp³-hybridized carbons (Fsp3) is 0.143. The number of rotatable bonds is 2. The Balaban J connectivity index is 1.95. The molecule has 1 atom stereocenters. The van der Waals surface area contributed by atoms with Crippen molar-refractivity contribution in [2.75, 3.05) is 10.8 Å². The SMILES string of the molecule is O=S(c1ccccc1)N1CCc2ccccc21. The predicted octanol–water partition coefficient (Wildman–Crippen LogP) is 2.77. The molecule has 86 valence electrons. The smallest absolute Gasteiger partial charge is 0.152 e. The van der Waals surface area contributed by atoms with Crippen molar-refractivity contribution in [3.63, 3.8) is 0 Å². The third kappa shape index (κ3) is 1.87. The summed E-state index contributed by atoms with van der Waals surface area (Å²) in [7, 11) is -1.09. The van der Waals surface area contributed by atoms with Crippen molar-refractivity contribution in [1.29, 1.82) is 0 Å². The van der Waals surface area contributed by atoms with Crippen LogP contribution in [0, 0.1) is 0 Å². The maximum Gasteiger partial charge on any atom is 0.152 e. The van der Waals surface area contributed by atoms with Gasteiger partial charge in [-0.1, -0.05) is 36.4 Å². The molecule has 2 nitrogen and oxygen atoms in total. The largest absolute Gasteiger partial charge is 0.287 e. The summed E-state index contributed by atoms with van der Waals surface area (Å²) in [5, 5.41) is 0. The normalized spacial score (nSPS) is 15.6. The molecule has 0 radical (unpaired) electrons. The van der Waals surface area contributed by atoms with E-state index in [1.807, 2.05) is 52.8 Å². The zero-order valence-electron chi connectivity index (χ0n) is 9.37. The molecule has 2 aromatic carbocycles. The molecule has 3 rings (SSSR count). The first-order valence-corrected chi connectivity index (χ1v) is 6.79. The van der Waals surface area contributed by atoms with Gasteiger partial charge in [-0.3, -0.25) is 4.31 Å². The Morgan fingerprint density at radius 3 is 2.47 bits per heavy atom. The van der Waals surface area contributed by atoms with E-state index in [2.05, 4.69) is 6.07 Å². The molecule has 3 heteroatoms. The number of benzene rings is 2. The standard InChI is InChI=1S/C14H13NOS/c16-17(13-7-2-1-3-8-13)15-11-10-12-6-4-5-9-14(12)15/h1-9H,10-11H2. The molecule has 2 aromatic rings. The lowest BCUT2D eigenvalue weighted by Gasteiger charge is -2.17. The molecule has 1 unspecified atom stereocenters. The van der Waals surface area contributed by atoms with Crippen molar-refractivity contribution in [3.05, 3.63) is 60.2 Å². The van der Waals surface area contributed by atoms with Crippen LogP contribution in [0.1, 0.15) is 5.56 Å². The van der Waals surface area contributed by atoms with Crippen molar-refractivity contribution in [2.24, 2.45) is 0 Å². The second-order valence-corrected chi connectivity index (χ2v) is 5.45. The fourth-order valence-corrected chi connectivity index (χ4v) is 3.40. The third-order valence-electron chi connectivity index (χ3n) is 2.99. The lowest BCUT2D eigenvalue weighted by atomic mass is 10.2. The van der Waals surface area contributed by atoms with Crippen LogP contribution in [0.2, 0.25) is 0 Å². The average molecular weight is 243 g/mol. The van der Waals surface area contributed by atoms with E-state index in [1.165, 1.54) is 5.56 Å². The van der Waals surface area contributed by atoms with E-state index in [9.17, 15) is 4.21 Å². The van der Waals surface area contributed by atoms with Crippen LogP contribution >= 0.6 is 0 Å². The fourth-order valence-electron chi connectivity index (χ4n) is 2.14. The molecule has 0 N–H and O–H groups in total. The number of hydrogen-bond acceptors (Lipinski definition) is 1. The number of para-hydroxylation sites is 1. The summed E-state index contributed by atoms with van der Waals surface area (Å²) in [5.74, 6) is 0. The van der Waals surface area contributed by atoms with Gasteiger partial charge < -0.3 is 0 Å². The lowest BCUT2D eigenvalue weighted by Crippen LogP contribution is -2.23. The van der Waals surface area contributed by atoms with Gasteiger partial charge in [-0.25, -0.2) is 4.21 Å². The summed E-state index contributed by atoms with van der Waals surface area (Å²) in [4.78, 5) is 0.865. The minimum Gasteiger partial charge on any atom is -0.287 e. The van der Waals surface area contributed by atoms with E-state index < -0.39 is 11.0 Å². The summed E-state index contributed by atoms with van der Waals surface area (Å²) >= 11 is 0. The van der Waals surface area contributed by atoms with Crippen molar-refractivity contribution in [2.45, 2.75) is 11.3 Å². The topological polar surface area (TPSA) is 20.3 Å². The Kier molecular flexibility index (Phi) is 2.69. The molecular formula is C14H13NOS. The maximum absolute atomic E-state index is 12.4. The first kappa shape index (κ1) is 10.5. The first-order valence-electron chi connectivity index (χ1n) is 5.68. The maximum atomic E-state index is 12.4. The van der Waals surface area contributed by atoms with Crippen LogP contribution in [0.4, 0.5) is 5.69 Å². The second kappa shape index (κ2) is 4.34. The zero-order valence-corrected chi connectivity index (χ0v) is 10.2. The van der Waals surface area contributed by atoms with Crippen molar-refractivity contribution >= 4 is 16.7 Å². The molecule has 0 bridgehead atoms. The molecule has 0 aliphatic carbocycles. The highest BCUT2D eigenvalue weighted by molar-refractivity contribution is 7.86. The van der Waals surface area contributed by atoms with Gasteiger partial charge in [0.25, 0.3) is 0 Å². The van der Waals surface area contributed by atoms with Gasteiger partial charge in [0, 0.05) is 6.54 Å². The molecule has 17 heavy (non-hydrogen) atoms. The van der Waals surface area contributed by atoms with Crippen molar-refractivity contribution < 1.29 is 4.21 Å². The van der Waals surface area contributed by atoms with E-state index in [0.29, 0.717) is 0 Å². The predicted molar refractivity (Wildman–Crippen MR) is 70.3 cm³/mol. The Morgan fingerprint density at radius 1 is 0.941 bits per heavy atom.